The molecule has 1 amide bonds. The molecule has 1 aliphatic rings. The van der Waals surface area contributed by atoms with E-state index in [1.54, 1.807) is 6.92 Å². The van der Waals surface area contributed by atoms with Crippen LogP contribution < -0.4 is 14.8 Å². The molecule has 0 heterocycles. The van der Waals surface area contributed by atoms with Crippen LogP contribution in [0.2, 0.25) is 0 Å². The Labute approximate surface area is 169 Å². The van der Waals surface area contributed by atoms with E-state index < -0.39 is 28.6 Å². The summed E-state index contributed by atoms with van der Waals surface area (Å²) < 4.78 is 15.7. The van der Waals surface area contributed by atoms with Gasteiger partial charge in [-0.25, -0.2) is 4.79 Å². The molecule has 2 rings (SSSR count). The molecule has 0 aliphatic heterocycles. The molecule has 0 spiro atoms. The summed E-state index contributed by atoms with van der Waals surface area (Å²) in [6.45, 7) is 5.54. The third-order valence-electron chi connectivity index (χ3n) is 5.09. The second kappa shape index (κ2) is 10.1. The van der Waals surface area contributed by atoms with Crippen molar-refractivity contribution >= 4 is 17.6 Å². The van der Waals surface area contributed by atoms with Gasteiger partial charge < -0.3 is 19.5 Å². The fourth-order valence-corrected chi connectivity index (χ4v) is 3.40. The number of nitrogens with zero attached hydrogens (tertiary/aromatic N) is 1. The number of hydrogen-bond acceptors (Lipinski definition) is 7. The number of amides is 1. The minimum Gasteiger partial charge on any atom is -0.493 e. The SMILES string of the molecule is CCOc1cc(C(=O)O[C@H](C)C(=O)N[C@@H]2CCCC[C@@H]2C)c([N+](=O)[O-])cc1OC. The number of benzene rings is 1. The van der Waals surface area contributed by atoms with E-state index in [1.165, 1.54) is 20.1 Å². The van der Waals surface area contributed by atoms with Crippen LogP contribution in [-0.4, -0.2) is 42.7 Å². The molecular formula is C20H28N2O7. The maximum Gasteiger partial charge on any atom is 0.346 e. The topological polar surface area (TPSA) is 117 Å². The highest BCUT2D eigenvalue weighted by molar-refractivity contribution is 5.96. The Bertz CT molecular complexity index is 765. The first kappa shape index (κ1) is 22.4. The molecule has 0 unspecified atom stereocenters. The highest BCUT2D eigenvalue weighted by atomic mass is 16.6. The Kier molecular flexibility index (Phi) is 7.81. The second-order valence-electron chi connectivity index (χ2n) is 7.13. The third-order valence-corrected chi connectivity index (χ3v) is 5.09. The summed E-state index contributed by atoms with van der Waals surface area (Å²) in [5.41, 5.74) is -0.784. The average molecular weight is 408 g/mol. The molecular weight excluding hydrogens is 380 g/mol. The van der Waals surface area contributed by atoms with E-state index in [-0.39, 0.29) is 29.7 Å². The lowest BCUT2D eigenvalue weighted by molar-refractivity contribution is -0.385. The smallest absolute Gasteiger partial charge is 0.346 e. The Hall–Kier alpha value is -2.84. The fourth-order valence-electron chi connectivity index (χ4n) is 3.40. The fraction of sp³-hybridized carbons (Fsp3) is 0.600. The van der Waals surface area contributed by atoms with Gasteiger partial charge in [0.15, 0.2) is 17.6 Å². The molecule has 1 fully saturated rings. The molecule has 29 heavy (non-hydrogen) atoms. The number of ether oxygens (including phenoxy) is 3. The molecule has 0 bridgehead atoms. The van der Waals surface area contributed by atoms with Crippen LogP contribution in [0.15, 0.2) is 12.1 Å². The van der Waals surface area contributed by atoms with E-state index >= 15 is 0 Å². The summed E-state index contributed by atoms with van der Waals surface area (Å²) in [4.78, 5) is 35.7. The van der Waals surface area contributed by atoms with Gasteiger partial charge in [0.05, 0.1) is 24.7 Å². The summed E-state index contributed by atoms with van der Waals surface area (Å²) in [7, 11) is 1.35. The molecule has 1 aliphatic carbocycles. The van der Waals surface area contributed by atoms with Crippen molar-refractivity contribution in [3.63, 3.8) is 0 Å². The molecule has 1 saturated carbocycles. The van der Waals surface area contributed by atoms with Crippen molar-refractivity contribution in [2.24, 2.45) is 5.92 Å². The summed E-state index contributed by atoms with van der Waals surface area (Å²) >= 11 is 0. The summed E-state index contributed by atoms with van der Waals surface area (Å²) in [5, 5.41) is 14.3. The van der Waals surface area contributed by atoms with Gasteiger partial charge in [0.25, 0.3) is 11.6 Å². The average Bonchev–Trinajstić information content (AvgIpc) is 2.69. The van der Waals surface area contributed by atoms with Gasteiger partial charge >= 0.3 is 5.97 Å². The lowest BCUT2D eigenvalue weighted by Gasteiger charge is -2.30. The number of nitro benzene ring substituents is 1. The zero-order chi connectivity index (χ0) is 21.6. The van der Waals surface area contributed by atoms with Gasteiger partial charge in [0.2, 0.25) is 0 Å². The number of esters is 1. The van der Waals surface area contributed by atoms with Crippen LogP contribution in [0.25, 0.3) is 0 Å². The van der Waals surface area contributed by atoms with Crippen LogP contribution in [0, 0.1) is 16.0 Å². The Balaban J connectivity index is 2.16. The minimum absolute atomic E-state index is 0.0391. The first-order chi connectivity index (χ1) is 13.8. The van der Waals surface area contributed by atoms with Crippen LogP contribution in [0.5, 0.6) is 11.5 Å². The molecule has 0 radical (unpaired) electrons. The number of nitrogens with one attached hydrogen (secondary N) is 1. The van der Waals surface area contributed by atoms with Crippen molar-refractivity contribution in [2.45, 2.75) is 58.6 Å². The van der Waals surface area contributed by atoms with Crippen molar-refractivity contribution in [2.75, 3.05) is 13.7 Å². The number of hydrogen-bond donors (Lipinski definition) is 1. The molecule has 1 aromatic rings. The monoisotopic (exact) mass is 408 g/mol. The molecule has 160 valence electrons. The predicted molar refractivity (Wildman–Crippen MR) is 105 cm³/mol. The number of carbonyl (C=O) groups is 2. The largest absolute Gasteiger partial charge is 0.493 e. The van der Waals surface area contributed by atoms with Crippen LogP contribution in [0.4, 0.5) is 5.69 Å². The molecule has 1 aromatic carbocycles. The Morgan fingerprint density at radius 2 is 1.97 bits per heavy atom. The van der Waals surface area contributed by atoms with Gasteiger partial charge in [-0.3, -0.25) is 14.9 Å². The van der Waals surface area contributed by atoms with Crippen molar-refractivity contribution < 1.29 is 28.7 Å². The van der Waals surface area contributed by atoms with Crippen LogP contribution in [0.1, 0.15) is 56.8 Å². The summed E-state index contributed by atoms with van der Waals surface area (Å²) in [6.07, 6.45) is 3.02. The lowest BCUT2D eigenvalue weighted by Crippen LogP contribution is -2.46. The number of carbonyl (C=O) groups excluding carboxylic acids is 2. The lowest BCUT2D eigenvalue weighted by atomic mass is 9.86. The molecule has 1 N–H and O–H groups in total. The van der Waals surface area contributed by atoms with Crippen molar-refractivity contribution in [1.82, 2.24) is 5.32 Å². The van der Waals surface area contributed by atoms with Gasteiger partial charge in [0.1, 0.15) is 5.56 Å². The van der Waals surface area contributed by atoms with Gasteiger partial charge in [0, 0.05) is 12.1 Å². The van der Waals surface area contributed by atoms with E-state index in [2.05, 4.69) is 12.2 Å². The van der Waals surface area contributed by atoms with E-state index in [0.29, 0.717) is 5.92 Å². The van der Waals surface area contributed by atoms with Gasteiger partial charge in [-0.15, -0.1) is 0 Å². The Morgan fingerprint density at radius 1 is 1.28 bits per heavy atom. The summed E-state index contributed by atoms with van der Waals surface area (Å²) in [5.74, 6) is -0.724. The van der Waals surface area contributed by atoms with Crippen molar-refractivity contribution in [3.8, 4) is 11.5 Å². The first-order valence-corrected chi connectivity index (χ1v) is 9.79. The standard InChI is InChI=1S/C20H28N2O7/c1-5-28-18-10-14(16(22(25)26)11-17(18)27-4)20(24)29-13(3)19(23)21-15-9-7-6-8-12(15)2/h10-13,15H,5-9H2,1-4H3,(H,21,23)/t12-,13+,15+/m0/s1. The maximum absolute atomic E-state index is 12.6. The first-order valence-electron chi connectivity index (χ1n) is 9.79. The molecule has 9 heteroatoms. The zero-order valence-corrected chi connectivity index (χ0v) is 17.2. The van der Waals surface area contributed by atoms with Crippen LogP contribution in [0.3, 0.4) is 0 Å². The van der Waals surface area contributed by atoms with E-state index in [1.807, 2.05) is 0 Å². The molecule has 0 saturated heterocycles. The predicted octanol–water partition coefficient (Wildman–Crippen LogP) is 3.24. The minimum atomic E-state index is -1.09. The number of rotatable bonds is 8. The van der Waals surface area contributed by atoms with E-state index in [9.17, 15) is 19.7 Å². The van der Waals surface area contributed by atoms with Crippen molar-refractivity contribution in [1.29, 1.82) is 0 Å². The van der Waals surface area contributed by atoms with Gasteiger partial charge in [-0.05, 0) is 32.6 Å². The van der Waals surface area contributed by atoms with Crippen LogP contribution >= 0.6 is 0 Å². The van der Waals surface area contributed by atoms with E-state index in [4.69, 9.17) is 14.2 Å². The highest BCUT2D eigenvalue weighted by Crippen LogP contribution is 2.35. The molecule has 0 aromatic heterocycles. The Morgan fingerprint density at radius 3 is 2.55 bits per heavy atom. The molecule has 3 atom stereocenters. The quantitative estimate of drug-likeness (QED) is 0.399. The number of methoxy groups -OCH3 is 1. The molecule has 9 nitrogen and oxygen atoms in total. The van der Waals surface area contributed by atoms with Gasteiger partial charge in [-0.2, -0.15) is 0 Å². The maximum atomic E-state index is 12.6. The number of nitro groups is 1. The van der Waals surface area contributed by atoms with Crippen LogP contribution in [-0.2, 0) is 9.53 Å². The van der Waals surface area contributed by atoms with E-state index in [0.717, 1.165) is 31.7 Å². The van der Waals surface area contributed by atoms with Crippen molar-refractivity contribution in [3.05, 3.63) is 27.8 Å². The highest BCUT2D eigenvalue weighted by Gasteiger charge is 2.30. The summed E-state index contributed by atoms with van der Waals surface area (Å²) in [6, 6.07) is 2.35. The normalized spacial score (nSPS) is 19.7. The second-order valence-corrected chi connectivity index (χ2v) is 7.13. The third kappa shape index (κ3) is 5.58. The zero-order valence-electron chi connectivity index (χ0n) is 17.2. The van der Waals surface area contributed by atoms with Gasteiger partial charge in [-0.1, -0.05) is 19.8 Å².